The minimum atomic E-state index is -0.159. The van der Waals surface area contributed by atoms with Crippen LogP contribution in [0.2, 0.25) is 0 Å². The van der Waals surface area contributed by atoms with Crippen molar-refractivity contribution in [1.82, 2.24) is 20.0 Å². The van der Waals surface area contributed by atoms with Crippen LogP contribution in [0.1, 0.15) is 42.3 Å². The van der Waals surface area contributed by atoms with Gasteiger partial charge >= 0.3 is 0 Å². The first kappa shape index (κ1) is 21.8. The van der Waals surface area contributed by atoms with Gasteiger partial charge in [-0.15, -0.1) is 0 Å². The zero-order valence-corrected chi connectivity index (χ0v) is 19.0. The lowest BCUT2D eigenvalue weighted by atomic mass is 9.94. The van der Waals surface area contributed by atoms with E-state index >= 15 is 0 Å². The highest BCUT2D eigenvalue weighted by atomic mass is 16.5. The third-order valence-corrected chi connectivity index (χ3v) is 5.77. The number of benzene rings is 1. The van der Waals surface area contributed by atoms with Crippen molar-refractivity contribution in [2.75, 3.05) is 32.6 Å². The van der Waals surface area contributed by atoms with Gasteiger partial charge in [-0.1, -0.05) is 23.4 Å². The van der Waals surface area contributed by atoms with Crippen LogP contribution in [-0.2, 0) is 11.2 Å². The van der Waals surface area contributed by atoms with Gasteiger partial charge in [-0.05, 0) is 32.3 Å². The standard InChI is InChI=1S/C24H29N5O3/c1-16-13-21(32-27-16)18-15-25-24(28(2)3)26-23(18)19-10-7-8-12-29(19)22(30)14-17-9-5-6-11-20(17)31-4/h5-6,9,11,13,15,19H,7-8,10,12,14H2,1-4H3. The van der Waals surface area contributed by atoms with Gasteiger partial charge in [0.1, 0.15) is 5.75 Å². The number of anilines is 1. The minimum absolute atomic E-state index is 0.0592. The van der Waals surface area contributed by atoms with Crippen LogP contribution in [0.15, 0.2) is 41.1 Å². The lowest BCUT2D eigenvalue weighted by molar-refractivity contribution is -0.134. The van der Waals surface area contributed by atoms with E-state index in [4.69, 9.17) is 14.2 Å². The number of aryl methyl sites for hydroxylation is 1. The normalized spacial score (nSPS) is 16.1. The van der Waals surface area contributed by atoms with Crippen molar-refractivity contribution in [2.45, 2.75) is 38.6 Å². The van der Waals surface area contributed by atoms with E-state index < -0.39 is 0 Å². The molecule has 0 spiro atoms. The molecule has 4 rings (SSSR count). The number of carbonyl (C=O) groups is 1. The maximum Gasteiger partial charge on any atom is 0.227 e. The molecule has 0 N–H and O–H groups in total. The Hall–Kier alpha value is -3.42. The van der Waals surface area contributed by atoms with Gasteiger partial charge in [0.15, 0.2) is 5.76 Å². The van der Waals surface area contributed by atoms with Crippen molar-refractivity contribution in [3.63, 3.8) is 0 Å². The fourth-order valence-corrected chi connectivity index (χ4v) is 4.16. The van der Waals surface area contributed by atoms with Crippen LogP contribution < -0.4 is 9.64 Å². The Bertz CT molecular complexity index is 1090. The Morgan fingerprint density at radius 2 is 2.09 bits per heavy atom. The predicted octanol–water partition coefficient (Wildman–Crippen LogP) is 3.81. The van der Waals surface area contributed by atoms with Crippen molar-refractivity contribution in [3.8, 4) is 17.1 Å². The van der Waals surface area contributed by atoms with Gasteiger partial charge in [-0.3, -0.25) is 4.79 Å². The molecule has 0 radical (unpaired) electrons. The Labute approximate surface area is 188 Å². The monoisotopic (exact) mass is 435 g/mol. The molecule has 32 heavy (non-hydrogen) atoms. The van der Waals surface area contributed by atoms with Crippen molar-refractivity contribution in [1.29, 1.82) is 0 Å². The lowest BCUT2D eigenvalue weighted by Crippen LogP contribution is -2.40. The van der Waals surface area contributed by atoms with Crippen LogP contribution in [0.25, 0.3) is 11.3 Å². The van der Waals surface area contributed by atoms with E-state index in [1.807, 2.05) is 61.2 Å². The van der Waals surface area contributed by atoms with E-state index in [2.05, 4.69) is 10.1 Å². The molecule has 8 heteroatoms. The van der Waals surface area contributed by atoms with Gasteiger partial charge < -0.3 is 19.1 Å². The second-order valence-corrected chi connectivity index (χ2v) is 8.28. The van der Waals surface area contributed by atoms with Crippen molar-refractivity contribution >= 4 is 11.9 Å². The molecule has 0 saturated carbocycles. The zero-order valence-electron chi connectivity index (χ0n) is 19.0. The SMILES string of the molecule is COc1ccccc1CC(=O)N1CCCCC1c1nc(N(C)C)ncc1-c1cc(C)no1. The summed E-state index contributed by atoms with van der Waals surface area (Å²) in [5, 5.41) is 4.03. The molecule has 1 aliphatic rings. The summed E-state index contributed by atoms with van der Waals surface area (Å²) in [5.74, 6) is 2.00. The van der Waals surface area contributed by atoms with Gasteiger partial charge in [-0.25, -0.2) is 9.97 Å². The Kier molecular flexibility index (Phi) is 6.39. The number of likely N-dealkylation sites (tertiary alicyclic amines) is 1. The maximum atomic E-state index is 13.5. The smallest absolute Gasteiger partial charge is 0.227 e. The van der Waals surface area contributed by atoms with Crippen LogP contribution in [-0.4, -0.2) is 53.7 Å². The fraction of sp³-hybridized carbons (Fsp3) is 0.417. The number of methoxy groups -OCH3 is 1. The summed E-state index contributed by atoms with van der Waals surface area (Å²) >= 11 is 0. The van der Waals surface area contributed by atoms with Gasteiger partial charge in [0, 0.05) is 38.5 Å². The summed E-state index contributed by atoms with van der Waals surface area (Å²) in [6.45, 7) is 2.57. The van der Waals surface area contributed by atoms with E-state index in [0.717, 1.165) is 47.5 Å². The van der Waals surface area contributed by atoms with Crippen LogP contribution in [0, 0.1) is 6.92 Å². The van der Waals surface area contributed by atoms with E-state index in [0.29, 0.717) is 18.3 Å². The number of carbonyl (C=O) groups excluding carboxylic acids is 1. The number of hydrogen-bond acceptors (Lipinski definition) is 7. The number of hydrogen-bond donors (Lipinski definition) is 0. The minimum Gasteiger partial charge on any atom is -0.496 e. The molecule has 1 amide bonds. The topological polar surface area (TPSA) is 84.6 Å². The predicted molar refractivity (Wildman–Crippen MR) is 122 cm³/mol. The Morgan fingerprint density at radius 3 is 2.81 bits per heavy atom. The van der Waals surface area contributed by atoms with Gasteiger partial charge in [0.05, 0.1) is 36.5 Å². The molecule has 1 saturated heterocycles. The first-order valence-corrected chi connectivity index (χ1v) is 10.9. The van der Waals surface area contributed by atoms with E-state index in [9.17, 15) is 4.79 Å². The Morgan fingerprint density at radius 1 is 1.28 bits per heavy atom. The fourth-order valence-electron chi connectivity index (χ4n) is 4.16. The third kappa shape index (κ3) is 4.44. The summed E-state index contributed by atoms with van der Waals surface area (Å²) in [6.07, 6.45) is 4.88. The second kappa shape index (κ2) is 9.38. The lowest BCUT2D eigenvalue weighted by Gasteiger charge is -2.36. The zero-order chi connectivity index (χ0) is 22.7. The summed E-state index contributed by atoms with van der Waals surface area (Å²) < 4.78 is 11.0. The molecule has 3 heterocycles. The highest BCUT2D eigenvalue weighted by molar-refractivity contribution is 5.80. The molecular weight excluding hydrogens is 406 g/mol. The number of ether oxygens (including phenoxy) is 1. The molecule has 1 unspecified atom stereocenters. The van der Waals surface area contributed by atoms with Crippen molar-refractivity contribution in [2.24, 2.45) is 0 Å². The highest BCUT2D eigenvalue weighted by Gasteiger charge is 2.32. The number of aromatic nitrogens is 3. The molecule has 0 bridgehead atoms. The number of nitrogens with zero attached hydrogens (tertiary/aromatic N) is 5. The van der Waals surface area contributed by atoms with E-state index in [1.165, 1.54) is 0 Å². The number of amides is 1. The summed E-state index contributed by atoms with van der Waals surface area (Å²) in [4.78, 5) is 26.6. The average Bonchev–Trinajstić information content (AvgIpc) is 3.25. The number of piperidine rings is 1. The molecule has 3 aromatic rings. The number of para-hydroxylation sites is 1. The molecule has 1 aromatic carbocycles. The molecule has 168 valence electrons. The quantitative estimate of drug-likeness (QED) is 0.582. The van der Waals surface area contributed by atoms with Gasteiger partial charge in [0.25, 0.3) is 0 Å². The summed E-state index contributed by atoms with van der Waals surface area (Å²) in [6, 6.07) is 9.37. The summed E-state index contributed by atoms with van der Waals surface area (Å²) in [7, 11) is 5.44. The average molecular weight is 436 g/mol. The first-order valence-electron chi connectivity index (χ1n) is 10.9. The first-order chi connectivity index (χ1) is 15.5. The third-order valence-electron chi connectivity index (χ3n) is 5.77. The largest absolute Gasteiger partial charge is 0.496 e. The molecule has 1 atom stereocenters. The highest BCUT2D eigenvalue weighted by Crippen LogP contribution is 2.37. The number of rotatable bonds is 6. The van der Waals surface area contributed by atoms with Crippen molar-refractivity contribution < 1.29 is 14.1 Å². The molecule has 0 aliphatic carbocycles. The molecule has 1 fully saturated rings. The molecule has 1 aliphatic heterocycles. The van der Waals surface area contributed by atoms with Gasteiger partial charge in [0.2, 0.25) is 11.9 Å². The molecule has 8 nitrogen and oxygen atoms in total. The van der Waals surface area contributed by atoms with E-state index in [1.54, 1.807) is 13.3 Å². The van der Waals surface area contributed by atoms with Gasteiger partial charge in [-0.2, -0.15) is 0 Å². The molecular formula is C24H29N5O3. The van der Waals surface area contributed by atoms with Crippen LogP contribution >= 0.6 is 0 Å². The van der Waals surface area contributed by atoms with Crippen molar-refractivity contribution in [3.05, 3.63) is 53.5 Å². The Balaban J connectivity index is 1.71. The van der Waals surface area contributed by atoms with Crippen LogP contribution in [0.4, 0.5) is 5.95 Å². The van der Waals surface area contributed by atoms with Crippen LogP contribution in [0.5, 0.6) is 5.75 Å². The second-order valence-electron chi connectivity index (χ2n) is 8.28. The maximum absolute atomic E-state index is 13.5. The molecule has 2 aromatic heterocycles. The van der Waals surface area contributed by atoms with Crippen LogP contribution in [0.3, 0.4) is 0 Å². The van der Waals surface area contributed by atoms with E-state index in [-0.39, 0.29) is 18.4 Å². The summed E-state index contributed by atoms with van der Waals surface area (Å²) in [5.41, 5.74) is 3.24.